The van der Waals surface area contributed by atoms with Crippen molar-refractivity contribution in [3.63, 3.8) is 0 Å². The summed E-state index contributed by atoms with van der Waals surface area (Å²) < 4.78 is 5.94. The fourth-order valence-electron chi connectivity index (χ4n) is 8.10. The predicted molar refractivity (Wildman–Crippen MR) is 101 cm³/mol. The molecule has 4 aliphatic carbocycles. The topological polar surface area (TPSA) is 26.3 Å². The first-order chi connectivity index (χ1) is 11.9. The molecule has 0 aliphatic heterocycles. The first-order valence-corrected chi connectivity index (χ1v) is 10.7. The van der Waals surface area contributed by atoms with E-state index in [2.05, 4.69) is 26.5 Å². The molecular formula is C23H36O2. The van der Waals surface area contributed by atoms with Crippen LogP contribution < -0.4 is 0 Å². The summed E-state index contributed by atoms with van der Waals surface area (Å²) >= 11 is 0. The van der Waals surface area contributed by atoms with Crippen molar-refractivity contribution in [1.29, 1.82) is 0 Å². The summed E-state index contributed by atoms with van der Waals surface area (Å²) in [5, 5.41) is 0. The Morgan fingerprint density at radius 2 is 1.84 bits per heavy atom. The van der Waals surface area contributed by atoms with Crippen molar-refractivity contribution in [2.45, 2.75) is 84.7 Å². The van der Waals surface area contributed by atoms with Crippen LogP contribution in [0.2, 0.25) is 0 Å². The van der Waals surface area contributed by atoms with Gasteiger partial charge in [0.1, 0.15) is 6.10 Å². The number of ether oxygens (including phenoxy) is 1. The van der Waals surface area contributed by atoms with Gasteiger partial charge in [0.2, 0.25) is 0 Å². The van der Waals surface area contributed by atoms with Crippen molar-refractivity contribution >= 4 is 5.97 Å². The van der Waals surface area contributed by atoms with Gasteiger partial charge in [-0.15, -0.1) is 6.58 Å². The Morgan fingerprint density at radius 3 is 2.56 bits per heavy atom. The van der Waals surface area contributed by atoms with Crippen molar-refractivity contribution in [2.75, 3.05) is 0 Å². The zero-order valence-corrected chi connectivity index (χ0v) is 16.4. The maximum atomic E-state index is 11.8. The van der Waals surface area contributed by atoms with Gasteiger partial charge in [0, 0.05) is 12.3 Å². The van der Waals surface area contributed by atoms with E-state index < -0.39 is 0 Å². The van der Waals surface area contributed by atoms with E-state index in [1.165, 1.54) is 51.4 Å². The number of rotatable bonds is 2. The number of hydrogen-bond acceptors (Lipinski definition) is 2. The molecule has 4 rings (SSSR count). The van der Waals surface area contributed by atoms with Gasteiger partial charge in [0.25, 0.3) is 0 Å². The average Bonchev–Trinajstić information content (AvgIpc) is 2.91. The molecule has 0 aromatic rings. The van der Waals surface area contributed by atoms with Gasteiger partial charge in [-0.3, -0.25) is 4.79 Å². The quantitative estimate of drug-likeness (QED) is 0.470. The molecule has 0 heterocycles. The Bertz CT molecular complexity index is 554. The molecule has 2 unspecified atom stereocenters. The zero-order chi connectivity index (χ0) is 17.8. The Morgan fingerprint density at radius 1 is 1.04 bits per heavy atom. The second kappa shape index (κ2) is 6.13. The van der Waals surface area contributed by atoms with Crippen LogP contribution in [-0.4, -0.2) is 12.1 Å². The van der Waals surface area contributed by atoms with Gasteiger partial charge in [0.15, 0.2) is 0 Å². The standard InChI is InChI=1S/C23H36O2/c1-5-16-10-12-19-18-11-9-17-7-6-8-21(25-15(2)24)23(17,4)20(18)13-14-22(16,19)3/h5,16-21H,1,6-14H2,2-4H3/t16-,17?,18-,19-,20-,21?,22+,23-/m0/s1. The maximum Gasteiger partial charge on any atom is 0.302 e. The lowest BCUT2D eigenvalue weighted by Crippen LogP contribution is -2.58. The van der Waals surface area contributed by atoms with E-state index in [-0.39, 0.29) is 17.5 Å². The molecule has 140 valence electrons. The predicted octanol–water partition coefficient (Wildman–Crippen LogP) is 5.76. The van der Waals surface area contributed by atoms with E-state index >= 15 is 0 Å². The number of hydrogen-bond donors (Lipinski definition) is 0. The average molecular weight is 345 g/mol. The van der Waals surface area contributed by atoms with Gasteiger partial charge in [-0.2, -0.15) is 0 Å². The van der Waals surface area contributed by atoms with Crippen molar-refractivity contribution < 1.29 is 9.53 Å². The van der Waals surface area contributed by atoms with Gasteiger partial charge in [-0.05, 0) is 92.8 Å². The summed E-state index contributed by atoms with van der Waals surface area (Å²) in [5.74, 6) is 3.82. The van der Waals surface area contributed by atoms with Gasteiger partial charge in [-0.1, -0.05) is 19.9 Å². The molecule has 25 heavy (non-hydrogen) atoms. The Balaban J connectivity index is 1.65. The number of esters is 1. The molecule has 0 N–H and O–H groups in total. The lowest BCUT2D eigenvalue weighted by Gasteiger charge is -2.62. The van der Waals surface area contributed by atoms with Gasteiger partial charge < -0.3 is 4.74 Å². The Labute approximate surface area is 153 Å². The highest BCUT2D eigenvalue weighted by atomic mass is 16.5. The van der Waals surface area contributed by atoms with Crippen LogP contribution in [0.4, 0.5) is 0 Å². The minimum atomic E-state index is -0.0813. The minimum Gasteiger partial charge on any atom is -0.462 e. The number of carbonyl (C=O) groups excluding carboxylic acids is 1. The number of fused-ring (bicyclic) bond motifs is 5. The Hall–Kier alpha value is -0.790. The van der Waals surface area contributed by atoms with Crippen molar-refractivity contribution in [2.24, 2.45) is 40.4 Å². The molecule has 4 aliphatic rings. The summed E-state index contributed by atoms with van der Waals surface area (Å²) in [4.78, 5) is 11.8. The summed E-state index contributed by atoms with van der Waals surface area (Å²) in [6.45, 7) is 10.8. The second-order valence-corrected chi connectivity index (χ2v) is 10.0. The van der Waals surface area contributed by atoms with Crippen molar-refractivity contribution in [3.8, 4) is 0 Å². The van der Waals surface area contributed by atoms with Crippen molar-refractivity contribution in [3.05, 3.63) is 12.7 Å². The fraction of sp³-hybridized carbons (Fsp3) is 0.870. The largest absolute Gasteiger partial charge is 0.462 e. The van der Waals surface area contributed by atoms with E-state index in [9.17, 15) is 4.79 Å². The van der Waals surface area contributed by atoms with Crippen LogP contribution in [0.15, 0.2) is 12.7 Å². The van der Waals surface area contributed by atoms with E-state index in [0.29, 0.717) is 11.3 Å². The third-order valence-corrected chi connectivity index (χ3v) is 9.34. The molecule has 0 bridgehead atoms. The molecule has 4 saturated carbocycles. The lowest BCUT2D eigenvalue weighted by atomic mass is 9.44. The van der Waals surface area contributed by atoms with E-state index in [0.717, 1.165) is 30.1 Å². The maximum absolute atomic E-state index is 11.8. The summed E-state index contributed by atoms with van der Waals surface area (Å²) in [5.41, 5.74) is 0.679. The SMILES string of the molecule is C=C[C@H]1CC[C@H]2[C@@H]3CCC4CCCC(OC(C)=O)[C@]4(C)[C@H]3CC[C@]12C. The fourth-order valence-corrected chi connectivity index (χ4v) is 8.10. The van der Waals surface area contributed by atoms with E-state index in [1.54, 1.807) is 6.92 Å². The number of carbonyl (C=O) groups is 1. The zero-order valence-electron chi connectivity index (χ0n) is 16.4. The van der Waals surface area contributed by atoms with Crippen LogP contribution in [0, 0.1) is 40.4 Å². The smallest absolute Gasteiger partial charge is 0.302 e. The molecule has 2 nitrogen and oxygen atoms in total. The normalized spacial score (nSPS) is 51.8. The van der Waals surface area contributed by atoms with Gasteiger partial charge in [0.05, 0.1) is 0 Å². The first kappa shape index (κ1) is 17.6. The van der Waals surface area contributed by atoms with Crippen LogP contribution in [0.5, 0.6) is 0 Å². The molecule has 4 fully saturated rings. The monoisotopic (exact) mass is 344 g/mol. The molecule has 0 radical (unpaired) electrons. The molecule has 0 saturated heterocycles. The van der Waals surface area contributed by atoms with Gasteiger partial charge >= 0.3 is 5.97 Å². The van der Waals surface area contributed by atoms with E-state index in [4.69, 9.17) is 4.74 Å². The molecule has 0 aromatic carbocycles. The molecular weight excluding hydrogens is 308 g/mol. The number of allylic oxidation sites excluding steroid dienone is 1. The lowest BCUT2D eigenvalue weighted by molar-refractivity contribution is -0.189. The minimum absolute atomic E-state index is 0.0813. The van der Waals surface area contributed by atoms with Crippen LogP contribution in [0.1, 0.15) is 78.6 Å². The highest BCUT2D eigenvalue weighted by Crippen LogP contribution is 2.67. The second-order valence-electron chi connectivity index (χ2n) is 10.0. The third kappa shape index (κ3) is 2.46. The van der Waals surface area contributed by atoms with Gasteiger partial charge in [-0.25, -0.2) is 0 Å². The molecule has 0 aromatic heterocycles. The molecule has 2 heteroatoms. The highest BCUT2D eigenvalue weighted by molar-refractivity contribution is 5.66. The summed E-state index contributed by atoms with van der Waals surface area (Å²) in [7, 11) is 0. The first-order valence-electron chi connectivity index (χ1n) is 10.7. The van der Waals surface area contributed by atoms with Crippen LogP contribution in [-0.2, 0) is 9.53 Å². The molecule has 8 atom stereocenters. The van der Waals surface area contributed by atoms with Crippen LogP contribution in [0.25, 0.3) is 0 Å². The van der Waals surface area contributed by atoms with Crippen molar-refractivity contribution in [1.82, 2.24) is 0 Å². The Kier molecular flexibility index (Phi) is 4.32. The third-order valence-electron chi connectivity index (χ3n) is 9.34. The van der Waals surface area contributed by atoms with Crippen LogP contribution in [0.3, 0.4) is 0 Å². The molecule has 0 amide bonds. The highest BCUT2D eigenvalue weighted by Gasteiger charge is 2.61. The summed E-state index contributed by atoms with van der Waals surface area (Å²) in [6, 6.07) is 0. The molecule has 0 spiro atoms. The van der Waals surface area contributed by atoms with E-state index in [1.807, 2.05) is 0 Å². The van der Waals surface area contributed by atoms with Crippen LogP contribution >= 0.6 is 0 Å². The summed E-state index contributed by atoms with van der Waals surface area (Å²) in [6.07, 6.45) is 14.2.